The summed E-state index contributed by atoms with van der Waals surface area (Å²) in [5.41, 5.74) is 2.82. The van der Waals surface area contributed by atoms with E-state index in [2.05, 4.69) is 40.3 Å². The Balaban J connectivity index is 1.53. The molecule has 0 spiro atoms. The Kier molecular flexibility index (Phi) is 5.61. The van der Waals surface area contributed by atoms with Gasteiger partial charge in [0.25, 0.3) is 0 Å². The molecule has 0 aromatic carbocycles. The summed E-state index contributed by atoms with van der Waals surface area (Å²) in [6, 6.07) is 0. The van der Waals surface area contributed by atoms with Crippen molar-refractivity contribution in [3.8, 4) is 0 Å². The Hall–Kier alpha value is -0.600. The summed E-state index contributed by atoms with van der Waals surface area (Å²) >= 11 is 0. The minimum atomic E-state index is -0.555. The number of allylic oxidation sites excluding steroid dienone is 2. The molecule has 0 aromatic rings. The minimum absolute atomic E-state index is 0.120. The van der Waals surface area contributed by atoms with Crippen molar-refractivity contribution in [2.75, 3.05) is 0 Å². The van der Waals surface area contributed by atoms with Gasteiger partial charge in [-0.1, -0.05) is 31.1 Å². The van der Waals surface area contributed by atoms with Gasteiger partial charge in [-0.2, -0.15) is 0 Å². The highest BCUT2D eigenvalue weighted by molar-refractivity contribution is 5.25. The van der Waals surface area contributed by atoms with Crippen LogP contribution >= 0.6 is 0 Å². The van der Waals surface area contributed by atoms with Gasteiger partial charge in [-0.25, -0.2) is 0 Å². The number of aliphatic hydroxyl groups excluding tert-OH is 1. The SMILES string of the molecule is C=C(C)CCCC(C)(O)C1CCC2C3CC=C4C[C@@H](O)CC[C@]4(C)C3CC[C@@]21C. The van der Waals surface area contributed by atoms with Crippen LogP contribution in [0.1, 0.15) is 98.3 Å². The van der Waals surface area contributed by atoms with Gasteiger partial charge in [-0.3, -0.25) is 0 Å². The van der Waals surface area contributed by atoms with Gasteiger partial charge in [-0.15, -0.1) is 6.58 Å². The minimum Gasteiger partial charge on any atom is -0.393 e. The van der Waals surface area contributed by atoms with Crippen molar-refractivity contribution in [1.82, 2.24) is 0 Å². The van der Waals surface area contributed by atoms with E-state index in [9.17, 15) is 10.2 Å². The van der Waals surface area contributed by atoms with Gasteiger partial charge in [0.1, 0.15) is 0 Å². The summed E-state index contributed by atoms with van der Waals surface area (Å²) in [5, 5.41) is 21.7. The van der Waals surface area contributed by atoms with Crippen molar-refractivity contribution in [3.05, 3.63) is 23.8 Å². The third-order valence-corrected chi connectivity index (χ3v) is 10.1. The molecule has 0 heterocycles. The molecule has 2 N–H and O–H groups in total. The fourth-order valence-corrected chi connectivity index (χ4v) is 8.59. The topological polar surface area (TPSA) is 40.5 Å². The third-order valence-electron chi connectivity index (χ3n) is 10.1. The Labute approximate surface area is 178 Å². The largest absolute Gasteiger partial charge is 0.393 e. The van der Waals surface area contributed by atoms with Crippen LogP contribution in [0.15, 0.2) is 23.8 Å². The van der Waals surface area contributed by atoms with Crippen LogP contribution in [0.25, 0.3) is 0 Å². The molecule has 3 fully saturated rings. The molecule has 0 radical (unpaired) electrons. The van der Waals surface area contributed by atoms with Crippen molar-refractivity contribution in [3.63, 3.8) is 0 Å². The molecule has 0 saturated heterocycles. The van der Waals surface area contributed by atoms with Crippen molar-refractivity contribution in [2.24, 2.45) is 34.5 Å². The maximum Gasteiger partial charge on any atom is 0.0653 e. The first-order chi connectivity index (χ1) is 13.6. The Morgan fingerprint density at radius 2 is 1.93 bits per heavy atom. The molecule has 2 heteroatoms. The van der Waals surface area contributed by atoms with Gasteiger partial charge in [0.2, 0.25) is 0 Å². The summed E-state index contributed by atoms with van der Waals surface area (Å²) in [6.07, 6.45) is 14.7. The second-order valence-electron chi connectivity index (χ2n) is 12.0. The molecule has 0 aliphatic heterocycles. The van der Waals surface area contributed by atoms with Crippen LogP contribution in [-0.4, -0.2) is 21.9 Å². The summed E-state index contributed by atoms with van der Waals surface area (Å²) in [6.45, 7) is 13.3. The van der Waals surface area contributed by atoms with Crippen LogP contribution < -0.4 is 0 Å². The van der Waals surface area contributed by atoms with E-state index in [1.54, 1.807) is 5.57 Å². The van der Waals surface area contributed by atoms with E-state index < -0.39 is 5.60 Å². The van der Waals surface area contributed by atoms with E-state index in [0.29, 0.717) is 11.3 Å². The lowest BCUT2D eigenvalue weighted by Gasteiger charge is -2.59. The molecule has 4 aliphatic rings. The summed E-state index contributed by atoms with van der Waals surface area (Å²) in [4.78, 5) is 0. The van der Waals surface area contributed by atoms with E-state index in [1.807, 2.05) is 0 Å². The fourth-order valence-electron chi connectivity index (χ4n) is 8.59. The van der Waals surface area contributed by atoms with Crippen LogP contribution in [0.2, 0.25) is 0 Å². The van der Waals surface area contributed by atoms with Gasteiger partial charge >= 0.3 is 0 Å². The van der Waals surface area contributed by atoms with Crippen LogP contribution in [0.5, 0.6) is 0 Å². The van der Waals surface area contributed by atoms with Gasteiger partial charge in [0.05, 0.1) is 11.7 Å². The average molecular weight is 401 g/mol. The molecule has 5 unspecified atom stereocenters. The molecule has 29 heavy (non-hydrogen) atoms. The normalized spacial score (nSPS) is 46.1. The zero-order valence-electron chi connectivity index (χ0n) is 19.3. The van der Waals surface area contributed by atoms with E-state index in [0.717, 1.165) is 56.3 Å². The average Bonchev–Trinajstić information content (AvgIpc) is 3.00. The van der Waals surface area contributed by atoms with Crippen LogP contribution in [0, 0.1) is 34.5 Å². The first kappa shape index (κ1) is 21.6. The molecule has 4 aliphatic carbocycles. The smallest absolute Gasteiger partial charge is 0.0653 e. The zero-order chi connectivity index (χ0) is 21.0. The number of hydrogen-bond acceptors (Lipinski definition) is 2. The van der Waals surface area contributed by atoms with Crippen molar-refractivity contribution >= 4 is 0 Å². The van der Waals surface area contributed by atoms with E-state index in [1.165, 1.54) is 37.7 Å². The lowest BCUT2D eigenvalue weighted by molar-refractivity contribution is -0.105. The highest BCUT2D eigenvalue weighted by Crippen LogP contribution is 2.67. The van der Waals surface area contributed by atoms with Gasteiger partial charge in [0, 0.05) is 0 Å². The van der Waals surface area contributed by atoms with Crippen LogP contribution in [0.3, 0.4) is 0 Å². The van der Waals surface area contributed by atoms with E-state index in [4.69, 9.17) is 0 Å². The molecule has 8 atom stereocenters. The Morgan fingerprint density at radius 3 is 2.66 bits per heavy atom. The zero-order valence-corrected chi connectivity index (χ0v) is 19.3. The van der Waals surface area contributed by atoms with Crippen molar-refractivity contribution in [2.45, 2.75) is 110 Å². The first-order valence-electron chi connectivity index (χ1n) is 12.3. The number of rotatable bonds is 5. The standard InChI is InChI=1S/C27H44O2/c1-18(2)7-6-14-27(5,29)24-11-10-22-21-9-8-19-17-20(28)12-15-25(19,3)23(21)13-16-26(22,24)4/h8,20-24,28-29H,1,6-7,9-17H2,2-5H3/t20-,21?,22?,23?,24?,25-,26-,27?/m0/s1. The third kappa shape index (κ3) is 3.57. The molecule has 0 aromatic heterocycles. The number of hydrogen-bond donors (Lipinski definition) is 2. The quantitative estimate of drug-likeness (QED) is 0.522. The Morgan fingerprint density at radius 1 is 1.17 bits per heavy atom. The number of aliphatic hydroxyl groups is 2. The molecule has 0 bridgehead atoms. The summed E-state index contributed by atoms with van der Waals surface area (Å²) in [7, 11) is 0. The molecule has 164 valence electrons. The predicted molar refractivity (Wildman–Crippen MR) is 120 cm³/mol. The second-order valence-corrected chi connectivity index (χ2v) is 12.0. The molecular formula is C27H44O2. The van der Waals surface area contributed by atoms with Gasteiger partial charge in [-0.05, 0) is 119 Å². The number of fused-ring (bicyclic) bond motifs is 5. The monoisotopic (exact) mass is 400 g/mol. The van der Waals surface area contributed by atoms with Gasteiger partial charge < -0.3 is 10.2 Å². The molecule has 0 amide bonds. The maximum atomic E-state index is 11.5. The van der Waals surface area contributed by atoms with Crippen LogP contribution in [-0.2, 0) is 0 Å². The molecule has 2 nitrogen and oxygen atoms in total. The van der Waals surface area contributed by atoms with Gasteiger partial charge in [0.15, 0.2) is 0 Å². The molecule has 3 saturated carbocycles. The van der Waals surface area contributed by atoms with Crippen molar-refractivity contribution < 1.29 is 10.2 Å². The van der Waals surface area contributed by atoms with Crippen LogP contribution in [0.4, 0.5) is 0 Å². The predicted octanol–water partition coefficient (Wildman–Crippen LogP) is 6.42. The maximum absolute atomic E-state index is 11.5. The fraction of sp³-hybridized carbons (Fsp3) is 0.852. The Bertz CT molecular complexity index is 676. The lowest BCUT2D eigenvalue weighted by atomic mass is 9.46. The lowest BCUT2D eigenvalue weighted by Crippen LogP contribution is -2.53. The molecule has 4 rings (SSSR count). The molecular weight excluding hydrogens is 356 g/mol. The highest BCUT2D eigenvalue weighted by atomic mass is 16.3. The summed E-state index contributed by atoms with van der Waals surface area (Å²) in [5.74, 6) is 2.73. The second kappa shape index (κ2) is 7.52. The van der Waals surface area contributed by atoms with Crippen molar-refractivity contribution in [1.29, 1.82) is 0 Å². The highest BCUT2D eigenvalue weighted by Gasteiger charge is 2.61. The summed E-state index contributed by atoms with van der Waals surface area (Å²) < 4.78 is 0. The van der Waals surface area contributed by atoms with E-state index >= 15 is 0 Å². The van der Waals surface area contributed by atoms with E-state index in [-0.39, 0.29) is 11.5 Å². The first-order valence-corrected chi connectivity index (χ1v) is 12.3.